The first kappa shape index (κ1) is 20.1. The van der Waals surface area contributed by atoms with E-state index in [4.69, 9.17) is 9.47 Å². The van der Waals surface area contributed by atoms with Gasteiger partial charge in [0.05, 0.1) is 25.1 Å². The number of hydrogen-bond donors (Lipinski definition) is 1. The fourth-order valence-corrected chi connectivity index (χ4v) is 3.82. The van der Waals surface area contributed by atoms with Crippen LogP contribution in [0.4, 0.5) is 0 Å². The SMILES string of the molecule is CCN1CCC[C@@H]1CNC(=O)Cn1c(C)nc2cc(OC)c(OC)cc2c1=O. The number of amides is 1. The lowest BCUT2D eigenvalue weighted by Crippen LogP contribution is -2.42. The number of rotatable bonds is 7. The van der Waals surface area contributed by atoms with E-state index in [1.807, 2.05) is 0 Å². The Morgan fingerprint density at radius 3 is 2.68 bits per heavy atom. The molecule has 8 nitrogen and oxygen atoms in total. The highest BCUT2D eigenvalue weighted by molar-refractivity contribution is 5.82. The summed E-state index contributed by atoms with van der Waals surface area (Å²) in [4.78, 5) is 32.3. The lowest BCUT2D eigenvalue weighted by Gasteiger charge is -2.23. The van der Waals surface area contributed by atoms with Crippen molar-refractivity contribution >= 4 is 16.8 Å². The van der Waals surface area contributed by atoms with Gasteiger partial charge in [0.2, 0.25) is 5.91 Å². The van der Waals surface area contributed by atoms with Gasteiger partial charge in [-0.15, -0.1) is 0 Å². The van der Waals surface area contributed by atoms with Crippen molar-refractivity contribution < 1.29 is 14.3 Å². The monoisotopic (exact) mass is 388 g/mol. The Kier molecular flexibility index (Phi) is 6.18. The molecule has 0 bridgehead atoms. The van der Waals surface area contributed by atoms with Crippen LogP contribution in [0.25, 0.3) is 10.9 Å². The number of carbonyl (C=O) groups is 1. The number of nitrogens with one attached hydrogen (secondary N) is 1. The first-order valence-corrected chi connectivity index (χ1v) is 9.62. The molecule has 1 N–H and O–H groups in total. The predicted octanol–water partition coefficient (Wildman–Crippen LogP) is 1.32. The second kappa shape index (κ2) is 8.60. The Hall–Kier alpha value is -2.61. The Bertz CT molecular complexity index is 925. The van der Waals surface area contributed by atoms with Crippen molar-refractivity contribution in [1.29, 1.82) is 0 Å². The summed E-state index contributed by atoms with van der Waals surface area (Å²) in [6.07, 6.45) is 2.25. The molecule has 3 rings (SSSR count). The molecule has 1 saturated heterocycles. The molecule has 1 aromatic carbocycles. The second-order valence-electron chi connectivity index (χ2n) is 7.00. The van der Waals surface area contributed by atoms with Crippen molar-refractivity contribution in [3.05, 3.63) is 28.3 Å². The minimum absolute atomic E-state index is 0.0548. The van der Waals surface area contributed by atoms with E-state index in [0.29, 0.717) is 40.8 Å². The first-order chi connectivity index (χ1) is 13.5. The van der Waals surface area contributed by atoms with Crippen LogP contribution in [0.2, 0.25) is 0 Å². The number of ether oxygens (including phenoxy) is 2. The van der Waals surface area contributed by atoms with Crippen molar-refractivity contribution in [1.82, 2.24) is 19.8 Å². The number of likely N-dealkylation sites (tertiary alicyclic amines) is 1. The summed E-state index contributed by atoms with van der Waals surface area (Å²) in [5, 5.41) is 3.36. The fraction of sp³-hybridized carbons (Fsp3) is 0.550. The third-order valence-corrected chi connectivity index (χ3v) is 5.39. The average Bonchev–Trinajstić information content (AvgIpc) is 3.16. The quantitative estimate of drug-likeness (QED) is 0.770. The average molecular weight is 388 g/mol. The van der Waals surface area contributed by atoms with Crippen LogP contribution in [0.1, 0.15) is 25.6 Å². The maximum Gasteiger partial charge on any atom is 0.262 e. The Labute approximate surface area is 164 Å². The van der Waals surface area contributed by atoms with Crippen molar-refractivity contribution in [2.24, 2.45) is 0 Å². The maximum atomic E-state index is 12.9. The van der Waals surface area contributed by atoms with Crippen LogP contribution >= 0.6 is 0 Å². The van der Waals surface area contributed by atoms with Gasteiger partial charge in [-0.3, -0.25) is 19.1 Å². The molecule has 152 valence electrons. The van der Waals surface area contributed by atoms with Gasteiger partial charge in [0.1, 0.15) is 12.4 Å². The minimum Gasteiger partial charge on any atom is -0.493 e. The lowest BCUT2D eigenvalue weighted by molar-refractivity contribution is -0.122. The summed E-state index contributed by atoms with van der Waals surface area (Å²) in [7, 11) is 3.05. The molecule has 0 unspecified atom stereocenters. The molecule has 2 aromatic rings. The molecule has 0 radical (unpaired) electrons. The highest BCUT2D eigenvalue weighted by atomic mass is 16.5. The smallest absolute Gasteiger partial charge is 0.262 e. The Balaban J connectivity index is 1.80. The van der Waals surface area contributed by atoms with Crippen molar-refractivity contribution in [3.8, 4) is 11.5 Å². The molecular formula is C20H28N4O4. The first-order valence-electron chi connectivity index (χ1n) is 9.62. The van der Waals surface area contributed by atoms with E-state index >= 15 is 0 Å². The molecule has 1 amide bonds. The second-order valence-corrected chi connectivity index (χ2v) is 7.00. The highest BCUT2D eigenvalue weighted by Gasteiger charge is 2.23. The number of nitrogens with zero attached hydrogens (tertiary/aromatic N) is 3. The Morgan fingerprint density at radius 2 is 2.00 bits per heavy atom. The van der Waals surface area contributed by atoms with Gasteiger partial charge in [-0.1, -0.05) is 6.92 Å². The zero-order chi connectivity index (χ0) is 20.3. The third kappa shape index (κ3) is 3.96. The topological polar surface area (TPSA) is 85.7 Å². The van der Waals surface area contributed by atoms with E-state index in [0.717, 1.165) is 25.9 Å². The van der Waals surface area contributed by atoms with Crippen LogP contribution in [0.15, 0.2) is 16.9 Å². The summed E-state index contributed by atoms with van der Waals surface area (Å²) in [6, 6.07) is 3.65. The zero-order valence-electron chi connectivity index (χ0n) is 16.9. The largest absolute Gasteiger partial charge is 0.493 e. The predicted molar refractivity (Wildman–Crippen MR) is 107 cm³/mol. The van der Waals surface area contributed by atoms with Gasteiger partial charge in [0.25, 0.3) is 5.56 Å². The van der Waals surface area contributed by atoms with Gasteiger partial charge in [0.15, 0.2) is 11.5 Å². The number of aromatic nitrogens is 2. The van der Waals surface area contributed by atoms with Crippen LogP contribution in [0.5, 0.6) is 11.5 Å². The van der Waals surface area contributed by atoms with E-state index in [-0.39, 0.29) is 18.0 Å². The van der Waals surface area contributed by atoms with E-state index in [9.17, 15) is 9.59 Å². The maximum absolute atomic E-state index is 12.9. The number of likely N-dealkylation sites (N-methyl/N-ethyl adjacent to an activating group) is 1. The molecule has 1 aliphatic heterocycles. The Morgan fingerprint density at radius 1 is 1.29 bits per heavy atom. The van der Waals surface area contributed by atoms with Gasteiger partial charge in [-0.05, 0) is 38.9 Å². The molecule has 1 aromatic heterocycles. The molecule has 0 aliphatic carbocycles. The number of carbonyl (C=O) groups excluding carboxylic acids is 1. The zero-order valence-corrected chi connectivity index (χ0v) is 16.9. The molecule has 2 heterocycles. The summed E-state index contributed by atoms with van der Waals surface area (Å²) in [5.41, 5.74) is 0.246. The van der Waals surface area contributed by atoms with Gasteiger partial charge in [-0.25, -0.2) is 4.98 Å². The highest BCUT2D eigenvalue weighted by Crippen LogP contribution is 2.30. The molecule has 28 heavy (non-hydrogen) atoms. The van der Waals surface area contributed by atoms with E-state index in [2.05, 4.69) is 22.1 Å². The summed E-state index contributed by atoms with van der Waals surface area (Å²) < 4.78 is 12.0. The van der Waals surface area contributed by atoms with E-state index in [1.165, 1.54) is 18.8 Å². The van der Waals surface area contributed by atoms with Crippen LogP contribution in [0, 0.1) is 6.92 Å². The molecule has 0 spiro atoms. The van der Waals surface area contributed by atoms with E-state index in [1.54, 1.807) is 19.1 Å². The standard InChI is InChI=1S/C20H28N4O4/c1-5-23-8-6-7-14(23)11-21-19(25)12-24-13(2)22-16-10-18(28-4)17(27-3)9-15(16)20(24)26/h9-10,14H,5-8,11-12H2,1-4H3,(H,21,25)/t14-/m1/s1. The van der Waals surface area contributed by atoms with Gasteiger partial charge in [0, 0.05) is 18.7 Å². The fourth-order valence-electron chi connectivity index (χ4n) is 3.82. The molecule has 1 atom stereocenters. The minimum atomic E-state index is -0.269. The van der Waals surface area contributed by atoms with Crippen molar-refractivity contribution in [2.45, 2.75) is 39.3 Å². The summed E-state index contributed by atoms with van der Waals surface area (Å²) in [5.74, 6) is 1.26. The van der Waals surface area contributed by atoms with Crippen molar-refractivity contribution in [2.75, 3.05) is 33.9 Å². The molecule has 1 aliphatic rings. The van der Waals surface area contributed by atoms with Crippen LogP contribution in [0.3, 0.4) is 0 Å². The van der Waals surface area contributed by atoms with Gasteiger partial charge in [-0.2, -0.15) is 0 Å². The number of hydrogen-bond acceptors (Lipinski definition) is 6. The molecular weight excluding hydrogens is 360 g/mol. The number of fused-ring (bicyclic) bond motifs is 1. The molecule has 0 saturated carbocycles. The lowest BCUT2D eigenvalue weighted by atomic mass is 10.2. The van der Waals surface area contributed by atoms with Crippen molar-refractivity contribution in [3.63, 3.8) is 0 Å². The molecule has 8 heteroatoms. The molecule has 1 fully saturated rings. The number of benzene rings is 1. The summed E-state index contributed by atoms with van der Waals surface area (Å²) in [6.45, 7) is 6.47. The van der Waals surface area contributed by atoms with Gasteiger partial charge < -0.3 is 14.8 Å². The van der Waals surface area contributed by atoms with Crippen LogP contribution < -0.4 is 20.3 Å². The van der Waals surface area contributed by atoms with Crippen LogP contribution in [-0.4, -0.2) is 60.3 Å². The van der Waals surface area contributed by atoms with Crippen LogP contribution in [-0.2, 0) is 11.3 Å². The number of aryl methyl sites for hydroxylation is 1. The third-order valence-electron chi connectivity index (χ3n) is 5.39. The summed E-state index contributed by atoms with van der Waals surface area (Å²) >= 11 is 0. The number of methoxy groups -OCH3 is 2. The van der Waals surface area contributed by atoms with E-state index < -0.39 is 0 Å². The van der Waals surface area contributed by atoms with Gasteiger partial charge >= 0.3 is 0 Å². The normalized spacial score (nSPS) is 17.1.